The van der Waals surface area contributed by atoms with Gasteiger partial charge in [-0.25, -0.2) is 0 Å². The Kier molecular flexibility index (Phi) is 2.04. The molecule has 0 N–H and O–H groups in total. The van der Waals surface area contributed by atoms with Gasteiger partial charge in [0.05, 0.1) is 12.7 Å². The van der Waals surface area contributed by atoms with Crippen molar-refractivity contribution in [2.75, 3.05) is 13.4 Å². The first-order valence-electron chi connectivity index (χ1n) is 4.99. The molecule has 0 amide bonds. The molecule has 2 heterocycles. The van der Waals surface area contributed by atoms with Gasteiger partial charge in [-0.3, -0.25) is 0 Å². The van der Waals surface area contributed by atoms with Crippen LogP contribution in [0.5, 0.6) is 11.5 Å². The zero-order valence-electron chi connectivity index (χ0n) is 8.43. The molecular formula is C11H12O4. The quantitative estimate of drug-likeness (QED) is 0.705. The third kappa shape index (κ3) is 1.56. The van der Waals surface area contributed by atoms with E-state index in [0.717, 1.165) is 17.1 Å². The predicted octanol–water partition coefficient (Wildman–Crippen LogP) is 1.85. The molecule has 1 fully saturated rings. The zero-order chi connectivity index (χ0) is 10.3. The van der Waals surface area contributed by atoms with Gasteiger partial charge in [-0.1, -0.05) is 0 Å². The molecule has 1 aromatic rings. The second-order valence-corrected chi connectivity index (χ2v) is 3.72. The lowest BCUT2D eigenvalue weighted by atomic mass is 10.2. The molecule has 2 aliphatic rings. The SMILES string of the molecule is C[C@@H]1CO[C@H](c2ccc3c(c2)OCO3)O1. The highest BCUT2D eigenvalue weighted by atomic mass is 16.7. The minimum Gasteiger partial charge on any atom is -0.454 e. The fraction of sp³-hybridized carbons (Fsp3) is 0.455. The van der Waals surface area contributed by atoms with Crippen LogP contribution in [-0.4, -0.2) is 19.5 Å². The van der Waals surface area contributed by atoms with Crippen molar-refractivity contribution in [2.45, 2.75) is 19.3 Å². The number of hydrogen-bond acceptors (Lipinski definition) is 4. The summed E-state index contributed by atoms with van der Waals surface area (Å²) in [7, 11) is 0. The maximum Gasteiger partial charge on any atom is 0.231 e. The Morgan fingerprint density at radius 3 is 2.87 bits per heavy atom. The van der Waals surface area contributed by atoms with Gasteiger partial charge in [0.1, 0.15) is 0 Å². The predicted molar refractivity (Wildman–Crippen MR) is 51.8 cm³/mol. The molecule has 0 aromatic heterocycles. The Morgan fingerprint density at radius 1 is 1.20 bits per heavy atom. The summed E-state index contributed by atoms with van der Waals surface area (Å²) >= 11 is 0. The van der Waals surface area contributed by atoms with Crippen LogP contribution < -0.4 is 9.47 Å². The van der Waals surface area contributed by atoms with E-state index in [1.54, 1.807) is 0 Å². The highest BCUT2D eigenvalue weighted by Gasteiger charge is 2.25. The van der Waals surface area contributed by atoms with Gasteiger partial charge in [0.2, 0.25) is 6.79 Å². The molecule has 0 bridgehead atoms. The molecule has 1 saturated heterocycles. The van der Waals surface area contributed by atoms with Gasteiger partial charge in [-0.05, 0) is 25.1 Å². The largest absolute Gasteiger partial charge is 0.454 e. The van der Waals surface area contributed by atoms with E-state index in [9.17, 15) is 0 Å². The van der Waals surface area contributed by atoms with Gasteiger partial charge in [0.25, 0.3) is 0 Å². The molecule has 4 nitrogen and oxygen atoms in total. The van der Waals surface area contributed by atoms with Gasteiger partial charge in [-0.2, -0.15) is 0 Å². The summed E-state index contributed by atoms with van der Waals surface area (Å²) in [4.78, 5) is 0. The maximum absolute atomic E-state index is 5.59. The topological polar surface area (TPSA) is 36.9 Å². The molecular weight excluding hydrogens is 196 g/mol. The van der Waals surface area contributed by atoms with Crippen molar-refractivity contribution in [1.29, 1.82) is 0 Å². The van der Waals surface area contributed by atoms with Crippen LogP contribution in [0.3, 0.4) is 0 Å². The molecule has 2 atom stereocenters. The van der Waals surface area contributed by atoms with Crippen LogP contribution in [0, 0.1) is 0 Å². The Labute approximate surface area is 87.7 Å². The van der Waals surface area contributed by atoms with E-state index in [0.29, 0.717) is 13.4 Å². The number of hydrogen-bond donors (Lipinski definition) is 0. The van der Waals surface area contributed by atoms with Crippen molar-refractivity contribution in [3.63, 3.8) is 0 Å². The lowest BCUT2D eigenvalue weighted by Gasteiger charge is -2.10. The van der Waals surface area contributed by atoms with Crippen LogP contribution in [0.4, 0.5) is 0 Å². The Hall–Kier alpha value is -1.26. The van der Waals surface area contributed by atoms with Crippen molar-refractivity contribution in [2.24, 2.45) is 0 Å². The van der Waals surface area contributed by atoms with E-state index in [1.807, 2.05) is 25.1 Å². The molecule has 0 aliphatic carbocycles. The lowest BCUT2D eigenvalue weighted by Crippen LogP contribution is -2.02. The van der Waals surface area contributed by atoms with E-state index >= 15 is 0 Å². The van der Waals surface area contributed by atoms with Gasteiger partial charge in [0.15, 0.2) is 17.8 Å². The molecule has 15 heavy (non-hydrogen) atoms. The molecule has 0 unspecified atom stereocenters. The second kappa shape index (κ2) is 3.40. The minimum atomic E-state index is -0.269. The average molecular weight is 208 g/mol. The third-order valence-corrected chi connectivity index (χ3v) is 2.51. The number of rotatable bonds is 1. The molecule has 2 aliphatic heterocycles. The first-order valence-corrected chi connectivity index (χ1v) is 4.99. The van der Waals surface area contributed by atoms with Crippen molar-refractivity contribution in [1.82, 2.24) is 0 Å². The van der Waals surface area contributed by atoms with Crippen LogP contribution >= 0.6 is 0 Å². The van der Waals surface area contributed by atoms with Crippen molar-refractivity contribution < 1.29 is 18.9 Å². The molecule has 1 aromatic carbocycles. The molecule has 3 rings (SSSR count). The van der Waals surface area contributed by atoms with Gasteiger partial charge in [0, 0.05) is 5.56 Å². The first-order chi connectivity index (χ1) is 7.33. The number of fused-ring (bicyclic) bond motifs is 1. The van der Waals surface area contributed by atoms with E-state index in [-0.39, 0.29) is 12.4 Å². The smallest absolute Gasteiger partial charge is 0.231 e. The fourth-order valence-electron chi connectivity index (χ4n) is 1.75. The van der Waals surface area contributed by atoms with Gasteiger partial charge in [-0.15, -0.1) is 0 Å². The summed E-state index contributed by atoms with van der Waals surface area (Å²) in [5.74, 6) is 1.55. The number of ether oxygens (including phenoxy) is 4. The highest BCUT2D eigenvalue weighted by Crippen LogP contribution is 2.36. The Balaban J connectivity index is 1.87. The van der Waals surface area contributed by atoms with Crippen molar-refractivity contribution in [3.05, 3.63) is 23.8 Å². The lowest BCUT2D eigenvalue weighted by molar-refractivity contribution is -0.0572. The standard InChI is InChI=1S/C11H12O4/c1-7-5-12-11(15-7)8-2-3-9-10(4-8)14-6-13-9/h2-4,7,11H,5-6H2,1H3/t7-,11+/m1/s1. The molecule has 0 spiro atoms. The van der Waals surface area contributed by atoms with Crippen LogP contribution in [0.1, 0.15) is 18.8 Å². The third-order valence-electron chi connectivity index (χ3n) is 2.51. The Morgan fingerprint density at radius 2 is 2.07 bits per heavy atom. The summed E-state index contributed by atoms with van der Waals surface area (Å²) < 4.78 is 21.6. The fourth-order valence-corrected chi connectivity index (χ4v) is 1.75. The van der Waals surface area contributed by atoms with Crippen molar-refractivity contribution >= 4 is 0 Å². The van der Waals surface area contributed by atoms with Crippen LogP contribution in [-0.2, 0) is 9.47 Å². The van der Waals surface area contributed by atoms with Crippen LogP contribution in [0.2, 0.25) is 0 Å². The summed E-state index contributed by atoms with van der Waals surface area (Å²) in [5.41, 5.74) is 0.976. The van der Waals surface area contributed by atoms with Crippen LogP contribution in [0.15, 0.2) is 18.2 Å². The maximum atomic E-state index is 5.59. The van der Waals surface area contributed by atoms with E-state index in [1.165, 1.54) is 0 Å². The van der Waals surface area contributed by atoms with Crippen molar-refractivity contribution in [3.8, 4) is 11.5 Å². The molecule has 0 saturated carbocycles. The summed E-state index contributed by atoms with van der Waals surface area (Å²) in [6.45, 7) is 2.92. The van der Waals surface area contributed by atoms with E-state index in [4.69, 9.17) is 18.9 Å². The Bertz CT molecular complexity index is 377. The zero-order valence-corrected chi connectivity index (χ0v) is 8.43. The normalized spacial score (nSPS) is 28.3. The van der Waals surface area contributed by atoms with E-state index in [2.05, 4.69) is 0 Å². The second-order valence-electron chi connectivity index (χ2n) is 3.72. The summed E-state index contributed by atoms with van der Waals surface area (Å²) in [6, 6.07) is 5.73. The van der Waals surface area contributed by atoms with Gasteiger partial charge >= 0.3 is 0 Å². The molecule has 4 heteroatoms. The van der Waals surface area contributed by atoms with Gasteiger partial charge < -0.3 is 18.9 Å². The van der Waals surface area contributed by atoms with E-state index < -0.39 is 0 Å². The first kappa shape index (κ1) is 9.00. The summed E-state index contributed by atoms with van der Waals surface area (Å²) in [5, 5.41) is 0. The summed E-state index contributed by atoms with van der Waals surface area (Å²) in [6.07, 6.45) is -0.116. The average Bonchev–Trinajstić information content (AvgIpc) is 2.84. The monoisotopic (exact) mass is 208 g/mol. The molecule has 0 radical (unpaired) electrons. The number of benzene rings is 1. The van der Waals surface area contributed by atoms with Crippen LogP contribution in [0.25, 0.3) is 0 Å². The highest BCUT2D eigenvalue weighted by molar-refractivity contribution is 5.44. The minimum absolute atomic E-state index is 0.153. The molecule has 80 valence electrons.